The molecule has 1 aromatic rings. The fourth-order valence-electron chi connectivity index (χ4n) is 1.30. The van der Waals surface area contributed by atoms with Gasteiger partial charge in [-0.1, -0.05) is 0 Å². The Morgan fingerprint density at radius 2 is 2.24 bits per heavy atom. The average Bonchev–Trinajstić information content (AvgIpc) is 2.30. The topological polar surface area (TPSA) is 75.9 Å². The highest BCUT2D eigenvalue weighted by Crippen LogP contribution is 2.06. The number of hydrogen-bond donors (Lipinski definition) is 3. The molecule has 0 spiro atoms. The van der Waals surface area contributed by atoms with Crippen molar-refractivity contribution < 1.29 is 0 Å². The van der Waals surface area contributed by atoms with Gasteiger partial charge in [-0.2, -0.15) is 0 Å². The number of nitrogens with zero attached hydrogens (tertiary/aromatic N) is 2. The van der Waals surface area contributed by atoms with E-state index >= 15 is 0 Å². The summed E-state index contributed by atoms with van der Waals surface area (Å²) in [4.78, 5) is 6.33. The van der Waals surface area contributed by atoms with E-state index in [1.165, 1.54) is 6.21 Å². The highest BCUT2D eigenvalue weighted by molar-refractivity contribution is 6.04. The number of pyridine rings is 1. The SMILES string of the molecule is CN(C)CCNc1ccc(C(=N)CC=N)cn1. The van der Waals surface area contributed by atoms with Crippen LogP contribution in [0.25, 0.3) is 0 Å². The number of hydrogen-bond acceptors (Lipinski definition) is 5. The van der Waals surface area contributed by atoms with Crippen LogP contribution in [-0.2, 0) is 0 Å². The second-order valence-corrected chi connectivity index (χ2v) is 4.05. The molecule has 0 aliphatic heterocycles. The molecule has 1 aromatic heterocycles. The first-order valence-corrected chi connectivity index (χ1v) is 5.55. The highest BCUT2D eigenvalue weighted by Gasteiger charge is 2.00. The van der Waals surface area contributed by atoms with E-state index in [2.05, 4.69) is 15.2 Å². The summed E-state index contributed by atoms with van der Waals surface area (Å²) in [6, 6.07) is 3.72. The molecule has 0 aliphatic rings. The van der Waals surface area contributed by atoms with Gasteiger partial charge in [0.15, 0.2) is 0 Å². The number of nitrogens with one attached hydrogen (secondary N) is 3. The van der Waals surface area contributed by atoms with E-state index in [0.29, 0.717) is 12.1 Å². The van der Waals surface area contributed by atoms with Crippen LogP contribution in [0.3, 0.4) is 0 Å². The molecular formula is C12H19N5. The maximum absolute atomic E-state index is 7.68. The summed E-state index contributed by atoms with van der Waals surface area (Å²) in [6.45, 7) is 1.80. The minimum Gasteiger partial charge on any atom is -0.369 e. The zero-order valence-corrected chi connectivity index (χ0v) is 10.3. The van der Waals surface area contributed by atoms with E-state index < -0.39 is 0 Å². The molecule has 1 rings (SSSR count). The van der Waals surface area contributed by atoms with Gasteiger partial charge < -0.3 is 21.0 Å². The quantitative estimate of drug-likeness (QED) is 0.624. The van der Waals surface area contributed by atoms with Crippen molar-refractivity contribution in [2.45, 2.75) is 6.42 Å². The summed E-state index contributed by atoms with van der Waals surface area (Å²) in [5, 5.41) is 17.8. The minimum absolute atomic E-state index is 0.356. The Bertz CT molecular complexity index is 369. The molecule has 0 fully saturated rings. The first-order valence-electron chi connectivity index (χ1n) is 5.55. The smallest absolute Gasteiger partial charge is 0.125 e. The van der Waals surface area contributed by atoms with Gasteiger partial charge in [-0.25, -0.2) is 4.98 Å². The lowest BCUT2D eigenvalue weighted by Crippen LogP contribution is -2.21. The molecule has 0 radical (unpaired) electrons. The van der Waals surface area contributed by atoms with Crippen LogP contribution in [0.5, 0.6) is 0 Å². The number of anilines is 1. The van der Waals surface area contributed by atoms with Gasteiger partial charge in [0.05, 0.1) is 0 Å². The molecule has 17 heavy (non-hydrogen) atoms. The molecule has 0 unspecified atom stereocenters. The lowest BCUT2D eigenvalue weighted by Gasteiger charge is -2.11. The second kappa shape index (κ2) is 6.75. The van der Waals surface area contributed by atoms with Gasteiger partial charge in [-0.05, 0) is 26.2 Å². The number of rotatable bonds is 7. The predicted molar refractivity (Wildman–Crippen MR) is 71.5 cm³/mol. The zero-order valence-electron chi connectivity index (χ0n) is 10.3. The van der Waals surface area contributed by atoms with Crippen molar-refractivity contribution >= 4 is 17.7 Å². The van der Waals surface area contributed by atoms with Gasteiger partial charge in [-0.15, -0.1) is 0 Å². The summed E-state index contributed by atoms with van der Waals surface area (Å²) in [6.07, 6.45) is 3.25. The molecule has 1 heterocycles. The third-order valence-corrected chi connectivity index (χ3v) is 2.28. The van der Waals surface area contributed by atoms with E-state index in [0.717, 1.165) is 24.5 Å². The molecule has 5 nitrogen and oxygen atoms in total. The highest BCUT2D eigenvalue weighted by atomic mass is 15.1. The van der Waals surface area contributed by atoms with Crippen molar-refractivity contribution in [1.29, 1.82) is 10.8 Å². The normalized spacial score (nSPS) is 10.3. The van der Waals surface area contributed by atoms with E-state index in [-0.39, 0.29) is 0 Å². The van der Waals surface area contributed by atoms with Crippen molar-refractivity contribution in [3.05, 3.63) is 23.9 Å². The molecule has 0 aromatic carbocycles. The Kier molecular flexibility index (Phi) is 5.29. The molecule has 0 saturated heterocycles. The van der Waals surface area contributed by atoms with Crippen LogP contribution in [0.15, 0.2) is 18.3 Å². The Hall–Kier alpha value is -1.75. The second-order valence-electron chi connectivity index (χ2n) is 4.05. The molecule has 0 amide bonds. The molecule has 92 valence electrons. The first-order chi connectivity index (χ1) is 8.13. The molecule has 0 aliphatic carbocycles. The summed E-state index contributed by atoms with van der Waals surface area (Å²) >= 11 is 0. The van der Waals surface area contributed by atoms with Crippen LogP contribution < -0.4 is 5.32 Å². The van der Waals surface area contributed by atoms with Gasteiger partial charge in [0.1, 0.15) is 5.82 Å². The molecule has 0 bridgehead atoms. The van der Waals surface area contributed by atoms with Crippen molar-refractivity contribution in [3.8, 4) is 0 Å². The van der Waals surface area contributed by atoms with E-state index in [4.69, 9.17) is 10.8 Å². The zero-order chi connectivity index (χ0) is 12.7. The lowest BCUT2D eigenvalue weighted by molar-refractivity contribution is 0.425. The molecule has 0 atom stereocenters. The predicted octanol–water partition coefficient (Wildman–Crippen LogP) is 1.46. The third-order valence-electron chi connectivity index (χ3n) is 2.28. The Morgan fingerprint density at radius 3 is 2.76 bits per heavy atom. The molecule has 3 N–H and O–H groups in total. The summed E-state index contributed by atoms with van der Waals surface area (Å²) in [5.41, 5.74) is 1.19. The van der Waals surface area contributed by atoms with Gasteiger partial charge in [0.25, 0.3) is 0 Å². The minimum atomic E-state index is 0.356. The van der Waals surface area contributed by atoms with Gasteiger partial charge in [0.2, 0.25) is 0 Å². The fraction of sp³-hybridized carbons (Fsp3) is 0.417. The fourth-order valence-corrected chi connectivity index (χ4v) is 1.30. The van der Waals surface area contributed by atoms with Crippen LogP contribution in [0.2, 0.25) is 0 Å². The lowest BCUT2D eigenvalue weighted by atomic mass is 10.1. The standard InChI is InChI=1S/C12H19N5/c1-17(2)8-7-15-12-4-3-10(9-16-12)11(14)5-6-13/h3-4,6,9,13-14H,5,7-8H2,1-2H3,(H,15,16). The van der Waals surface area contributed by atoms with Crippen LogP contribution in [0.4, 0.5) is 5.82 Å². The van der Waals surface area contributed by atoms with Crippen molar-refractivity contribution in [3.63, 3.8) is 0 Å². The van der Waals surface area contributed by atoms with Crippen LogP contribution >= 0.6 is 0 Å². The number of aromatic nitrogens is 1. The summed E-state index contributed by atoms with van der Waals surface area (Å²) in [5.74, 6) is 0.818. The van der Waals surface area contributed by atoms with Gasteiger partial charge >= 0.3 is 0 Å². The summed E-state index contributed by atoms with van der Waals surface area (Å²) in [7, 11) is 4.05. The Labute approximate surface area is 102 Å². The Balaban J connectivity index is 2.50. The largest absolute Gasteiger partial charge is 0.369 e. The van der Waals surface area contributed by atoms with Crippen LogP contribution in [0.1, 0.15) is 12.0 Å². The van der Waals surface area contributed by atoms with Crippen molar-refractivity contribution in [1.82, 2.24) is 9.88 Å². The third kappa shape index (κ3) is 4.74. The van der Waals surface area contributed by atoms with Crippen molar-refractivity contribution in [2.24, 2.45) is 0 Å². The molecule has 5 heteroatoms. The molecule has 0 saturated carbocycles. The van der Waals surface area contributed by atoms with E-state index in [1.807, 2.05) is 26.2 Å². The Morgan fingerprint density at radius 1 is 1.47 bits per heavy atom. The van der Waals surface area contributed by atoms with Crippen LogP contribution in [-0.4, -0.2) is 49.0 Å². The molecular weight excluding hydrogens is 214 g/mol. The van der Waals surface area contributed by atoms with Crippen molar-refractivity contribution in [2.75, 3.05) is 32.5 Å². The van der Waals surface area contributed by atoms with Gasteiger partial charge in [0, 0.05) is 43.2 Å². The average molecular weight is 233 g/mol. The van der Waals surface area contributed by atoms with E-state index in [9.17, 15) is 0 Å². The first kappa shape index (κ1) is 13.3. The maximum Gasteiger partial charge on any atom is 0.125 e. The van der Waals surface area contributed by atoms with Gasteiger partial charge in [-0.3, -0.25) is 0 Å². The maximum atomic E-state index is 7.68. The number of likely N-dealkylation sites (N-methyl/N-ethyl adjacent to an activating group) is 1. The summed E-state index contributed by atoms with van der Waals surface area (Å²) < 4.78 is 0. The monoisotopic (exact) mass is 233 g/mol. The van der Waals surface area contributed by atoms with Crippen LogP contribution in [0, 0.1) is 10.8 Å². The van der Waals surface area contributed by atoms with E-state index in [1.54, 1.807) is 6.20 Å².